The van der Waals surface area contributed by atoms with Gasteiger partial charge < -0.3 is 24.6 Å². The van der Waals surface area contributed by atoms with Crippen LogP contribution in [0.2, 0.25) is 0 Å². The first kappa shape index (κ1) is 24.7. The predicted molar refractivity (Wildman–Crippen MR) is 135 cm³/mol. The average Bonchev–Trinajstić information content (AvgIpc) is 3.29. The van der Waals surface area contributed by atoms with Crippen molar-refractivity contribution in [2.45, 2.75) is 39.2 Å². The molecule has 1 fully saturated rings. The van der Waals surface area contributed by atoms with E-state index in [-0.39, 0.29) is 12.0 Å². The van der Waals surface area contributed by atoms with Crippen LogP contribution >= 0.6 is 0 Å². The van der Waals surface area contributed by atoms with Crippen LogP contribution < -0.4 is 19.9 Å². The second kappa shape index (κ2) is 11.8. The summed E-state index contributed by atoms with van der Waals surface area (Å²) in [5.41, 5.74) is 1.85. The average molecular weight is 482 g/mol. The number of aryl methyl sites for hydroxylation is 1. The summed E-state index contributed by atoms with van der Waals surface area (Å²) in [6, 6.07) is 12.1. The van der Waals surface area contributed by atoms with E-state index in [0.717, 1.165) is 44.2 Å². The van der Waals surface area contributed by atoms with Crippen molar-refractivity contribution in [2.75, 3.05) is 56.2 Å². The zero-order chi connectivity index (χ0) is 24.6. The molecule has 1 N–H and O–H groups in total. The first-order valence-electron chi connectivity index (χ1n) is 12.3. The van der Waals surface area contributed by atoms with E-state index >= 15 is 0 Å². The molecule has 0 unspecified atom stereocenters. The molecule has 3 heterocycles. The van der Waals surface area contributed by atoms with E-state index in [4.69, 9.17) is 14.6 Å². The van der Waals surface area contributed by atoms with Crippen molar-refractivity contribution < 1.29 is 14.3 Å². The number of rotatable bonds is 11. The van der Waals surface area contributed by atoms with Gasteiger partial charge in [0, 0.05) is 63.9 Å². The fourth-order valence-electron chi connectivity index (χ4n) is 4.08. The monoisotopic (exact) mass is 481 g/mol. The Morgan fingerprint density at radius 2 is 1.89 bits per heavy atom. The molecule has 188 valence electrons. The maximum atomic E-state index is 12.2. The number of benzene rings is 1. The van der Waals surface area contributed by atoms with E-state index in [1.165, 1.54) is 5.69 Å². The van der Waals surface area contributed by atoms with Crippen molar-refractivity contribution in [3.63, 3.8) is 0 Å². The van der Waals surface area contributed by atoms with Gasteiger partial charge in [0.25, 0.3) is 0 Å². The van der Waals surface area contributed by atoms with Gasteiger partial charge in [0.2, 0.25) is 5.91 Å². The van der Waals surface area contributed by atoms with E-state index in [0.29, 0.717) is 37.5 Å². The lowest BCUT2D eigenvalue weighted by Crippen LogP contribution is -2.47. The number of nitrogens with one attached hydrogen (secondary N) is 1. The van der Waals surface area contributed by atoms with Crippen LogP contribution in [0.3, 0.4) is 0 Å². The highest BCUT2D eigenvalue weighted by molar-refractivity contribution is 5.76. The van der Waals surface area contributed by atoms with Crippen LogP contribution in [-0.2, 0) is 16.0 Å². The molecule has 2 aromatic heterocycles. The molecule has 1 aromatic carbocycles. The minimum Gasteiger partial charge on any atom is -0.497 e. The zero-order valence-electron chi connectivity index (χ0n) is 20.8. The maximum absolute atomic E-state index is 12.2. The maximum Gasteiger partial charge on any atom is 0.220 e. The molecule has 3 aromatic rings. The van der Waals surface area contributed by atoms with Crippen LogP contribution in [0.25, 0.3) is 5.65 Å². The van der Waals surface area contributed by atoms with Crippen LogP contribution in [0, 0.1) is 0 Å². The Labute approximate surface area is 206 Å². The van der Waals surface area contributed by atoms with Gasteiger partial charge in [0.15, 0.2) is 11.5 Å². The van der Waals surface area contributed by atoms with Crippen LogP contribution in [0.1, 0.15) is 32.5 Å². The summed E-state index contributed by atoms with van der Waals surface area (Å²) in [6.07, 6.45) is 1.83. The minimum atomic E-state index is -0.00360. The molecule has 10 heteroatoms. The van der Waals surface area contributed by atoms with Crippen LogP contribution in [-0.4, -0.2) is 78.3 Å². The minimum absolute atomic E-state index is 0.00360. The third-order valence-electron chi connectivity index (χ3n) is 6.01. The van der Waals surface area contributed by atoms with Gasteiger partial charge in [-0.3, -0.25) is 4.79 Å². The number of carbonyl (C=O) groups excluding carboxylic acids is 1. The number of hydrogen-bond acceptors (Lipinski definition) is 8. The van der Waals surface area contributed by atoms with Gasteiger partial charge >= 0.3 is 0 Å². The number of carbonyl (C=O) groups is 1. The number of nitrogens with zero attached hydrogens (tertiary/aromatic N) is 6. The van der Waals surface area contributed by atoms with Gasteiger partial charge in [-0.15, -0.1) is 15.3 Å². The van der Waals surface area contributed by atoms with Gasteiger partial charge in [-0.25, -0.2) is 0 Å². The van der Waals surface area contributed by atoms with Crippen molar-refractivity contribution in [3.8, 4) is 5.75 Å². The number of methoxy groups -OCH3 is 1. The normalized spacial score (nSPS) is 14.1. The molecular formula is C25H35N7O3. The Kier molecular flexibility index (Phi) is 8.36. The van der Waals surface area contributed by atoms with E-state index in [1.54, 1.807) is 11.6 Å². The first-order chi connectivity index (χ1) is 17.0. The summed E-state index contributed by atoms with van der Waals surface area (Å²) in [6.45, 7) is 8.76. The van der Waals surface area contributed by atoms with Crippen molar-refractivity contribution >= 4 is 23.1 Å². The Morgan fingerprint density at radius 1 is 1.09 bits per heavy atom. The number of hydrogen-bond donors (Lipinski definition) is 1. The molecule has 0 atom stereocenters. The molecule has 1 aliphatic heterocycles. The Bertz CT molecular complexity index is 1110. The third kappa shape index (κ3) is 6.60. The smallest absolute Gasteiger partial charge is 0.220 e. The van der Waals surface area contributed by atoms with Crippen LogP contribution in [0.15, 0.2) is 36.4 Å². The first-order valence-corrected chi connectivity index (χ1v) is 12.3. The molecular weight excluding hydrogens is 446 g/mol. The number of amides is 1. The lowest BCUT2D eigenvalue weighted by atomic mass is 10.2. The Hall–Kier alpha value is -3.40. The van der Waals surface area contributed by atoms with E-state index in [9.17, 15) is 4.79 Å². The zero-order valence-corrected chi connectivity index (χ0v) is 20.8. The molecule has 0 aliphatic carbocycles. The highest BCUT2D eigenvalue weighted by atomic mass is 16.5. The van der Waals surface area contributed by atoms with Gasteiger partial charge in [0.1, 0.15) is 11.6 Å². The highest BCUT2D eigenvalue weighted by Crippen LogP contribution is 2.23. The van der Waals surface area contributed by atoms with Crippen molar-refractivity contribution in [1.82, 2.24) is 25.1 Å². The summed E-state index contributed by atoms with van der Waals surface area (Å²) in [5.74, 6) is 2.44. The third-order valence-corrected chi connectivity index (χ3v) is 6.01. The highest BCUT2D eigenvalue weighted by Gasteiger charge is 2.20. The standard InChI is InChI=1S/C25H35N7O3/c1-19(2)35-17-5-12-26-25(33)11-10-23-28-27-22-8-9-24(29-32(22)23)31-15-13-30(14-16-31)20-6-4-7-21(18-20)34-3/h4,6-9,18-19H,5,10-17H2,1-3H3,(H,26,33). The molecule has 10 nitrogen and oxygen atoms in total. The van der Waals surface area contributed by atoms with Gasteiger partial charge in [-0.2, -0.15) is 4.52 Å². The summed E-state index contributed by atoms with van der Waals surface area (Å²) in [4.78, 5) is 16.8. The van der Waals surface area contributed by atoms with E-state index in [1.807, 2.05) is 38.1 Å². The van der Waals surface area contributed by atoms with Gasteiger partial charge in [-0.05, 0) is 44.5 Å². The van der Waals surface area contributed by atoms with E-state index < -0.39 is 0 Å². The molecule has 0 bridgehead atoms. The predicted octanol–water partition coefficient (Wildman–Crippen LogP) is 2.32. The van der Waals surface area contributed by atoms with Crippen molar-refractivity contribution in [1.29, 1.82) is 0 Å². The Morgan fingerprint density at radius 3 is 2.66 bits per heavy atom. The van der Waals surface area contributed by atoms with Gasteiger partial charge in [-0.1, -0.05) is 6.07 Å². The number of aromatic nitrogens is 4. The summed E-state index contributed by atoms with van der Waals surface area (Å²) in [5, 5.41) is 16.2. The topological polar surface area (TPSA) is 97.1 Å². The SMILES string of the molecule is COc1cccc(N2CCN(c3ccc4nnc(CCC(=O)NCCCOC(C)C)n4n3)CC2)c1. The fraction of sp³-hybridized carbons (Fsp3) is 0.520. The molecule has 0 saturated carbocycles. The second-order valence-corrected chi connectivity index (χ2v) is 8.88. The number of fused-ring (bicyclic) bond motifs is 1. The van der Waals surface area contributed by atoms with Crippen LogP contribution in [0.4, 0.5) is 11.5 Å². The largest absolute Gasteiger partial charge is 0.497 e. The Balaban J connectivity index is 1.31. The second-order valence-electron chi connectivity index (χ2n) is 8.88. The van der Waals surface area contributed by atoms with Crippen molar-refractivity contribution in [3.05, 3.63) is 42.2 Å². The molecule has 0 radical (unpaired) electrons. The summed E-state index contributed by atoms with van der Waals surface area (Å²) in [7, 11) is 1.69. The lowest BCUT2D eigenvalue weighted by molar-refractivity contribution is -0.121. The lowest BCUT2D eigenvalue weighted by Gasteiger charge is -2.36. The molecule has 0 spiro atoms. The van der Waals surface area contributed by atoms with Crippen molar-refractivity contribution in [2.24, 2.45) is 0 Å². The quantitative estimate of drug-likeness (QED) is 0.417. The fourth-order valence-corrected chi connectivity index (χ4v) is 4.08. The summed E-state index contributed by atoms with van der Waals surface area (Å²) >= 11 is 0. The number of anilines is 2. The molecule has 1 saturated heterocycles. The number of ether oxygens (including phenoxy) is 2. The molecule has 35 heavy (non-hydrogen) atoms. The molecule has 1 aliphatic rings. The number of piperazine rings is 1. The summed E-state index contributed by atoms with van der Waals surface area (Å²) < 4.78 is 12.6. The van der Waals surface area contributed by atoms with E-state index in [2.05, 4.69) is 37.4 Å². The molecule has 4 rings (SSSR count). The van der Waals surface area contributed by atoms with Gasteiger partial charge in [0.05, 0.1) is 13.2 Å². The molecule has 1 amide bonds. The van der Waals surface area contributed by atoms with Crippen LogP contribution in [0.5, 0.6) is 5.75 Å².